The molecule has 0 radical (unpaired) electrons. The quantitative estimate of drug-likeness (QED) is 0.665. The van der Waals surface area contributed by atoms with Crippen molar-refractivity contribution in [1.29, 1.82) is 0 Å². The fourth-order valence-electron chi connectivity index (χ4n) is 2.56. The van der Waals surface area contributed by atoms with Gasteiger partial charge in [-0.3, -0.25) is 14.4 Å². The Morgan fingerprint density at radius 3 is 1.93 bits per heavy atom. The van der Waals surface area contributed by atoms with Crippen molar-refractivity contribution in [2.45, 2.75) is 4.90 Å². The zero-order chi connectivity index (χ0) is 21.3. The molecule has 3 rings (SSSR count). The largest absolute Gasteiger partial charge is 0.363 e. The molecule has 1 aliphatic rings. The Labute approximate surface area is 166 Å². The number of imide groups is 1. The van der Waals surface area contributed by atoms with E-state index in [1.54, 1.807) is 12.1 Å². The lowest BCUT2D eigenvalue weighted by Gasteiger charge is -2.13. The van der Waals surface area contributed by atoms with E-state index in [2.05, 4.69) is 0 Å². The van der Waals surface area contributed by atoms with E-state index in [1.165, 1.54) is 38.4 Å². The molecule has 2 aromatic rings. The zero-order valence-corrected chi connectivity index (χ0v) is 16.3. The van der Waals surface area contributed by atoms with Crippen LogP contribution in [0.3, 0.4) is 0 Å². The van der Waals surface area contributed by atoms with Crippen LogP contribution in [0.25, 0.3) is 0 Å². The van der Waals surface area contributed by atoms with Gasteiger partial charge in [-0.1, -0.05) is 17.2 Å². The molecule has 0 saturated heterocycles. The van der Waals surface area contributed by atoms with Gasteiger partial charge in [-0.15, -0.1) is 0 Å². The average molecular weight is 416 g/mol. The highest BCUT2D eigenvalue weighted by Crippen LogP contribution is 2.23. The fraction of sp³-hybridized carbons (Fsp3) is 0.158. The molecule has 0 aliphatic carbocycles. The number of amides is 3. The van der Waals surface area contributed by atoms with Crippen molar-refractivity contribution in [3.8, 4) is 0 Å². The van der Waals surface area contributed by atoms with Gasteiger partial charge in [-0.2, -0.15) is 0 Å². The SMILES string of the molecule is CN(C)C(=O)CS(=O)(=O)c1ccc(C(=O)ON2C(=O)c3ccccc3C2=O)cc1. The lowest BCUT2D eigenvalue weighted by molar-refractivity contribution is -0.125. The second kappa shape index (κ2) is 7.47. The minimum absolute atomic E-state index is 0.0700. The third-order valence-corrected chi connectivity index (χ3v) is 5.81. The van der Waals surface area contributed by atoms with Crippen LogP contribution in [0.2, 0.25) is 0 Å². The standard InChI is InChI=1S/C19H16N2O7S/c1-20(2)16(22)11-29(26,27)13-9-7-12(8-10-13)19(25)28-21-17(23)14-5-3-4-6-15(14)18(21)24/h3-10H,11H2,1-2H3. The van der Waals surface area contributed by atoms with Crippen LogP contribution in [0.5, 0.6) is 0 Å². The van der Waals surface area contributed by atoms with Crippen LogP contribution >= 0.6 is 0 Å². The first-order chi connectivity index (χ1) is 13.6. The molecule has 3 amide bonds. The molecule has 1 heterocycles. The number of rotatable bonds is 5. The monoisotopic (exact) mass is 416 g/mol. The number of benzene rings is 2. The molecular weight excluding hydrogens is 400 g/mol. The summed E-state index contributed by atoms with van der Waals surface area (Å²) in [6.07, 6.45) is 0. The van der Waals surface area contributed by atoms with E-state index in [4.69, 9.17) is 4.84 Å². The highest BCUT2D eigenvalue weighted by atomic mass is 32.2. The maximum atomic E-state index is 12.3. The number of carbonyl (C=O) groups excluding carboxylic acids is 4. The van der Waals surface area contributed by atoms with Crippen LogP contribution in [0.15, 0.2) is 53.4 Å². The van der Waals surface area contributed by atoms with Crippen molar-refractivity contribution < 1.29 is 32.4 Å². The molecule has 0 spiro atoms. The van der Waals surface area contributed by atoms with Crippen LogP contribution in [-0.4, -0.2) is 61.9 Å². The Hall–Kier alpha value is -3.53. The summed E-state index contributed by atoms with van der Waals surface area (Å²) in [4.78, 5) is 54.3. The van der Waals surface area contributed by atoms with Crippen LogP contribution in [0.4, 0.5) is 0 Å². The number of hydrogen-bond donors (Lipinski definition) is 0. The Morgan fingerprint density at radius 2 is 1.45 bits per heavy atom. The van der Waals surface area contributed by atoms with Crippen molar-refractivity contribution in [1.82, 2.24) is 9.96 Å². The lowest BCUT2D eigenvalue weighted by atomic mass is 10.1. The van der Waals surface area contributed by atoms with E-state index in [-0.39, 0.29) is 21.6 Å². The third-order valence-electron chi connectivity index (χ3n) is 4.19. The molecule has 150 valence electrons. The third kappa shape index (κ3) is 3.87. The Bertz CT molecular complexity index is 1090. The van der Waals surface area contributed by atoms with Gasteiger partial charge in [0.2, 0.25) is 5.91 Å². The van der Waals surface area contributed by atoms with Crippen molar-refractivity contribution in [3.05, 3.63) is 65.2 Å². The molecule has 9 nitrogen and oxygen atoms in total. The molecule has 0 unspecified atom stereocenters. The van der Waals surface area contributed by atoms with Gasteiger partial charge in [-0.05, 0) is 36.4 Å². The number of hydroxylamine groups is 2. The average Bonchev–Trinajstić information content (AvgIpc) is 2.93. The summed E-state index contributed by atoms with van der Waals surface area (Å²) in [6.45, 7) is 0. The summed E-state index contributed by atoms with van der Waals surface area (Å²) in [5.74, 6) is -3.83. The fourth-order valence-corrected chi connectivity index (χ4v) is 3.86. The van der Waals surface area contributed by atoms with E-state index >= 15 is 0 Å². The number of carbonyl (C=O) groups is 4. The molecule has 29 heavy (non-hydrogen) atoms. The van der Waals surface area contributed by atoms with E-state index in [0.717, 1.165) is 17.0 Å². The number of nitrogens with zero attached hydrogens (tertiary/aromatic N) is 2. The minimum Gasteiger partial charge on any atom is -0.348 e. The molecule has 10 heteroatoms. The van der Waals surface area contributed by atoms with Gasteiger partial charge in [0.25, 0.3) is 11.8 Å². The smallest absolute Gasteiger partial charge is 0.348 e. The zero-order valence-electron chi connectivity index (χ0n) is 15.5. The molecule has 0 N–H and O–H groups in total. The summed E-state index contributed by atoms with van der Waals surface area (Å²) in [7, 11) is -1.00. The van der Waals surface area contributed by atoms with Crippen LogP contribution < -0.4 is 0 Å². The topological polar surface area (TPSA) is 118 Å². The second-order valence-electron chi connectivity index (χ2n) is 6.40. The molecular formula is C19H16N2O7S. The summed E-state index contributed by atoms with van der Waals surface area (Å²) in [5.41, 5.74) is 0.175. The van der Waals surface area contributed by atoms with Crippen molar-refractivity contribution in [3.63, 3.8) is 0 Å². The van der Waals surface area contributed by atoms with Crippen LogP contribution in [0.1, 0.15) is 31.1 Å². The summed E-state index contributed by atoms with van der Waals surface area (Å²) >= 11 is 0. The summed E-state index contributed by atoms with van der Waals surface area (Å²) in [5, 5.41) is 0.368. The number of sulfone groups is 1. The van der Waals surface area contributed by atoms with Gasteiger partial charge in [-0.25, -0.2) is 13.2 Å². The van der Waals surface area contributed by atoms with Crippen molar-refractivity contribution >= 4 is 33.5 Å². The predicted octanol–water partition coefficient (Wildman–Crippen LogP) is 0.916. The van der Waals surface area contributed by atoms with Crippen molar-refractivity contribution in [2.24, 2.45) is 0 Å². The molecule has 0 bridgehead atoms. The van der Waals surface area contributed by atoms with Gasteiger partial charge in [0.15, 0.2) is 9.84 Å². The van der Waals surface area contributed by atoms with Gasteiger partial charge in [0.1, 0.15) is 5.75 Å². The first-order valence-electron chi connectivity index (χ1n) is 8.35. The minimum atomic E-state index is -3.89. The number of fused-ring (bicyclic) bond motifs is 1. The van der Waals surface area contributed by atoms with Gasteiger partial charge < -0.3 is 9.74 Å². The first-order valence-corrected chi connectivity index (χ1v) is 10.00. The normalized spacial score (nSPS) is 13.2. The maximum absolute atomic E-state index is 12.3. The molecule has 0 aromatic heterocycles. The van der Waals surface area contributed by atoms with Gasteiger partial charge >= 0.3 is 5.97 Å². The lowest BCUT2D eigenvalue weighted by Crippen LogP contribution is -2.32. The van der Waals surface area contributed by atoms with Gasteiger partial charge in [0, 0.05) is 14.1 Å². The molecule has 0 atom stereocenters. The van der Waals surface area contributed by atoms with E-state index in [1.807, 2.05) is 0 Å². The van der Waals surface area contributed by atoms with Crippen LogP contribution in [0, 0.1) is 0 Å². The molecule has 1 aliphatic heterocycles. The Morgan fingerprint density at radius 1 is 0.931 bits per heavy atom. The summed E-state index contributed by atoms with van der Waals surface area (Å²) in [6, 6.07) is 10.7. The van der Waals surface area contributed by atoms with Crippen LogP contribution in [-0.2, 0) is 19.5 Å². The molecule has 0 fully saturated rings. The second-order valence-corrected chi connectivity index (χ2v) is 8.39. The first kappa shape index (κ1) is 20.2. The van der Waals surface area contributed by atoms with E-state index in [0.29, 0.717) is 5.06 Å². The van der Waals surface area contributed by atoms with E-state index < -0.39 is 39.3 Å². The Kier molecular flexibility index (Phi) is 5.21. The molecule has 0 saturated carbocycles. The molecule has 2 aromatic carbocycles. The Balaban J connectivity index is 1.74. The maximum Gasteiger partial charge on any atom is 0.363 e. The highest BCUT2D eigenvalue weighted by Gasteiger charge is 2.38. The predicted molar refractivity (Wildman–Crippen MR) is 99.5 cm³/mol. The van der Waals surface area contributed by atoms with Gasteiger partial charge in [0.05, 0.1) is 21.6 Å². The summed E-state index contributed by atoms with van der Waals surface area (Å²) < 4.78 is 24.5. The number of hydrogen-bond acceptors (Lipinski definition) is 7. The van der Waals surface area contributed by atoms with E-state index in [9.17, 15) is 27.6 Å². The highest BCUT2D eigenvalue weighted by molar-refractivity contribution is 7.92. The van der Waals surface area contributed by atoms with Crippen molar-refractivity contribution in [2.75, 3.05) is 19.8 Å².